The van der Waals surface area contributed by atoms with Crippen LogP contribution in [0.2, 0.25) is 0 Å². The van der Waals surface area contributed by atoms with Gasteiger partial charge < -0.3 is 9.67 Å². The molecule has 0 bridgehead atoms. The molecule has 0 amide bonds. The van der Waals surface area contributed by atoms with Gasteiger partial charge in [0, 0.05) is 31.6 Å². The summed E-state index contributed by atoms with van der Waals surface area (Å²) >= 11 is 0. The first kappa shape index (κ1) is 14.2. The Morgan fingerprint density at radius 3 is 2.59 bits per heavy atom. The van der Waals surface area contributed by atoms with Gasteiger partial charge in [0.15, 0.2) is 9.84 Å². The van der Waals surface area contributed by atoms with Gasteiger partial charge >= 0.3 is 0 Å². The summed E-state index contributed by atoms with van der Waals surface area (Å²) in [6, 6.07) is 0. The molecule has 1 N–H and O–H groups in total. The van der Waals surface area contributed by atoms with Crippen LogP contribution in [-0.2, 0) is 22.8 Å². The molecule has 1 rings (SSSR count). The molecule has 1 aromatic rings. The molecule has 0 radical (unpaired) electrons. The van der Waals surface area contributed by atoms with E-state index >= 15 is 0 Å². The van der Waals surface area contributed by atoms with E-state index in [1.807, 2.05) is 17.7 Å². The van der Waals surface area contributed by atoms with Gasteiger partial charge in [-0.25, -0.2) is 13.4 Å². The minimum atomic E-state index is -3.31. The number of aliphatic hydroxyl groups excluding tert-OH is 1. The summed E-state index contributed by atoms with van der Waals surface area (Å²) < 4.78 is 23.9. The average Bonchev–Trinajstić information content (AvgIpc) is 2.63. The number of nitrogens with zero attached hydrogens (tertiary/aromatic N) is 2. The molecule has 0 aliphatic rings. The highest BCUT2D eigenvalue weighted by Crippen LogP contribution is 2.22. The number of aromatic nitrogens is 2. The van der Waals surface area contributed by atoms with Gasteiger partial charge in [0.05, 0.1) is 10.9 Å². The fraction of sp³-hybridized carbons (Fsp3) is 0.727. The predicted molar refractivity (Wildman–Crippen MR) is 66.5 cm³/mol. The SMILES string of the molecule is CCn1ccnc1CC(O)C(C)(C)S(C)(=O)=O. The van der Waals surface area contributed by atoms with Crippen molar-refractivity contribution in [3.63, 3.8) is 0 Å². The van der Waals surface area contributed by atoms with Crippen molar-refractivity contribution >= 4 is 9.84 Å². The van der Waals surface area contributed by atoms with E-state index in [4.69, 9.17) is 0 Å². The van der Waals surface area contributed by atoms with Gasteiger partial charge in [-0.3, -0.25) is 0 Å². The molecule has 0 saturated carbocycles. The third-order valence-corrected chi connectivity index (χ3v) is 5.46. The lowest BCUT2D eigenvalue weighted by molar-refractivity contribution is 0.134. The van der Waals surface area contributed by atoms with Crippen molar-refractivity contribution in [3.05, 3.63) is 18.2 Å². The predicted octanol–water partition coefficient (Wildman–Crippen LogP) is 0.630. The molecule has 1 atom stereocenters. The zero-order valence-corrected chi connectivity index (χ0v) is 11.5. The molecule has 5 nitrogen and oxygen atoms in total. The smallest absolute Gasteiger partial charge is 0.155 e. The quantitative estimate of drug-likeness (QED) is 0.843. The monoisotopic (exact) mass is 260 g/mol. The highest BCUT2D eigenvalue weighted by molar-refractivity contribution is 7.92. The van der Waals surface area contributed by atoms with E-state index in [1.165, 1.54) is 13.8 Å². The lowest BCUT2D eigenvalue weighted by Crippen LogP contribution is -2.44. The molecule has 98 valence electrons. The van der Waals surface area contributed by atoms with Gasteiger partial charge in [0.25, 0.3) is 0 Å². The molecular weight excluding hydrogens is 240 g/mol. The number of sulfone groups is 1. The first-order chi connectivity index (χ1) is 7.70. The second-order valence-electron chi connectivity index (χ2n) is 4.73. The van der Waals surface area contributed by atoms with E-state index in [-0.39, 0.29) is 6.42 Å². The maximum absolute atomic E-state index is 11.6. The second-order valence-corrected chi connectivity index (χ2v) is 7.32. The van der Waals surface area contributed by atoms with Crippen LogP contribution in [0.1, 0.15) is 26.6 Å². The minimum Gasteiger partial charge on any atom is -0.391 e. The fourth-order valence-electron chi connectivity index (χ4n) is 1.48. The Morgan fingerprint density at radius 2 is 2.12 bits per heavy atom. The van der Waals surface area contributed by atoms with Crippen molar-refractivity contribution in [3.8, 4) is 0 Å². The van der Waals surface area contributed by atoms with Gasteiger partial charge in [0.1, 0.15) is 5.82 Å². The maximum atomic E-state index is 11.6. The molecule has 0 aliphatic heterocycles. The van der Waals surface area contributed by atoms with Crippen molar-refractivity contribution in [2.24, 2.45) is 0 Å². The summed E-state index contributed by atoms with van der Waals surface area (Å²) in [5.41, 5.74) is 0. The largest absolute Gasteiger partial charge is 0.391 e. The highest BCUT2D eigenvalue weighted by Gasteiger charge is 2.38. The van der Waals surface area contributed by atoms with E-state index in [9.17, 15) is 13.5 Å². The Bertz CT molecular complexity index is 477. The summed E-state index contributed by atoms with van der Waals surface area (Å²) in [5, 5.41) is 10.1. The molecule has 1 heterocycles. The molecule has 0 aliphatic carbocycles. The standard InChI is InChI=1S/C11H20N2O3S/c1-5-13-7-6-12-10(13)8-9(14)11(2,3)17(4,15)16/h6-7,9,14H,5,8H2,1-4H3. The molecule has 0 aromatic carbocycles. The molecule has 0 spiro atoms. The third-order valence-electron chi connectivity index (χ3n) is 3.28. The Morgan fingerprint density at radius 1 is 1.53 bits per heavy atom. The summed E-state index contributed by atoms with van der Waals surface area (Å²) in [7, 11) is -3.31. The highest BCUT2D eigenvalue weighted by atomic mass is 32.2. The summed E-state index contributed by atoms with van der Waals surface area (Å²) in [4.78, 5) is 4.13. The normalized spacial score (nSPS) is 14.9. The number of aryl methyl sites for hydroxylation is 1. The van der Waals surface area contributed by atoms with Crippen molar-refractivity contribution < 1.29 is 13.5 Å². The van der Waals surface area contributed by atoms with Gasteiger partial charge in [-0.15, -0.1) is 0 Å². The Hall–Kier alpha value is -0.880. The fourth-order valence-corrected chi connectivity index (χ4v) is 2.06. The van der Waals surface area contributed by atoms with Crippen LogP contribution in [0.5, 0.6) is 0 Å². The van der Waals surface area contributed by atoms with Gasteiger partial charge in [-0.1, -0.05) is 0 Å². The first-order valence-corrected chi connectivity index (χ1v) is 7.47. The van der Waals surface area contributed by atoms with Crippen LogP contribution in [-0.4, -0.2) is 40.2 Å². The Balaban J connectivity index is 2.90. The zero-order valence-electron chi connectivity index (χ0n) is 10.7. The molecule has 6 heteroatoms. The zero-order chi connectivity index (χ0) is 13.3. The van der Waals surface area contributed by atoms with E-state index in [0.717, 1.165) is 12.8 Å². The third kappa shape index (κ3) is 2.87. The van der Waals surface area contributed by atoms with E-state index in [0.29, 0.717) is 5.82 Å². The molecular formula is C11H20N2O3S. The number of hydrogen-bond donors (Lipinski definition) is 1. The van der Waals surface area contributed by atoms with Crippen LogP contribution in [0.25, 0.3) is 0 Å². The van der Waals surface area contributed by atoms with Crippen molar-refractivity contribution in [2.75, 3.05) is 6.26 Å². The van der Waals surface area contributed by atoms with Crippen molar-refractivity contribution in [1.82, 2.24) is 9.55 Å². The number of imidazole rings is 1. The van der Waals surface area contributed by atoms with Crippen LogP contribution in [0, 0.1) is 0 Å². The second kappa shape index (κ2) is 4.78. The van der Waals surface area contributed by atoms with Crippen LogP contribution < -0.4 is 0 Å². The topological polar surface area (TPSA) is 72.2 Å². The molecule has 1 aromatic heterocycles. The number of rotatable bonds is 5. The van der Waals surface area contributed by atoms with Gasteiger partial charge in [-0.2, -0.15) is 0 Å². The number of aliphatic hydroxyl groups is 1. The van der Waals surface area contributed by atoms with Gasteiger partial charge in [0.2, 0.25) is 0 Å². The molecule has 0 fully saturated rings. The average molecular weight is 260 g/mol. The summed E-state index contributed by atoms with van der Waals surface area (Å²) in [5.74, 6) is 0.705. The van der Waals surface area contributed by atoms with E-state index in [2.05, 4.69) is 4.98 Å². The van der Waals surface area contributed by atoms with E-state index < -0.39 is 20.7 Å². The molecule has 0 saturated heterocycles. The Kier molecular flexibility index (Phi) is 3.99. The summed E-state index contributed by atoms with van der Waals surface area (Å²) in [6.45, 7) is 5.79. The molecule has 1 unspecified atom stereocenters. The van der Waals surface area contributed by atoms with Crippen LogP contribution in [0.15, 0.2) is 12.4 Å². The number of hydrogen-bond acceptors (Lipinski definition) is 4. The lowest BCUT2D eigenvalue weighted by atomic mass is 10.0. The van der Waals surface area contributed by atoms with Gasteiger partial charge in [-0.05, 0) is 20.8 Å². The van der Waals surface area contributed by atoms with Crippen LogP contribution >= 0.6 is 0 Å². The van der Waals surface area contributed by atoms with Crippen LogP contribution in [0.3, 0.4) is 0 Å². The van der Waals surface area contributed by atoms with Crippen molar-refractivity contribution in [1.29, 1.82) is 0 Å². The minimum absolute atomic E-state index is 0.237. The lowest BCUT2D eigenvalue weighted by Gasteiger charge is -2.28. The Labute approximate surface area is 102 Å². The summed E-state index contributed by atoms with van der Waals surface area (Å²) in [6.07, 6.45) is 3.88. The van der Waals surface area contributed by atoms with E-state index in [1.54, 1.807) is 6.20 Å². The van der Waals surface area contributed by atoms with Crippen LogP contribution in [0.4, 0.5) is 0 Å². The van der Waals surface area contributed by atoms with Crippen molar-refractivity contribution in [2.45, 2.75) is 44.6 Å². The molecule has 17 heavy (non-hydrogen) atoms. The first-order valence-electron chi connectivity index (χ1n) is 5.57. The maximum Gasteiger partial charge on any atom is 0.155 e.